The lowest BCUT2D eigenvalue weighted by atomic mass is 10.0. The van der Waals surface area contributed by atoms with E-state index in [0.29, 0.717) is 6.54 Å². The van der Waals surface area contributed by atoms with Gasteiger partial charge in [-0.1, -0.05) is 6.92 Å². The molecule has 0 bridgehead atoms. The van der Waals surface area contributed by atoms with E-state index in [1.165, 1.54) is 12.8 Å². The number of nitrogens with zero attached hydrogens (tertiary/aromatic N) is 5. The van der Waals surface area contributed by atoms with Gasteiger partial charge in [-0.05, 0) is 25.7 Å². The zero-order valence-corrected chi connectivity index (χ0v) is 14.9. The third-order valence-corrected chi connectivity index (χ3v) is 3.61. The number of aromatic nitrogens is 3. The van der Waals surface area contributed by atoms with Gasteiger partial charge in [0.05, 0.1) is 6.54 Å². The minimum atomic E-state index is 0. The van der Waals surface area contributed by atoms with Gasteiger partial charge in [0.25, 0.3) is 0 Å². The van der Waals surface area contributed by atoms with Crippen molar-refractivity contribution in [3.05, 3.63) is 12.2 Å². The molecular weight excluding hydrogens is 367 g/mol. The molecule has 0 spiro atoms. The Kier molecular flexibility index (Phi) is 7.25. The molecule has 2 heterocycles. The molecule has 1 aliphatic rings. The second kappa shape index (κ2) is 8.43. The third-order valence-electron chi connectivity index (χ3n) is 3.61. The van der Waals surface area contributed by atoms with Crippen LogP contribution in [-0.4, -0.2) is 45.8 Å². The van der Waals surface area contributed by atoms with Crippen molar-refractivity contribution in [1.82, 2.24) is 25.0 Å². The molecule has 20 heavy (non-hydrogen) atoms. The number of likely N-dealkylation sites (tertiary alicyclic amines) is 1. The molecule has 1 fully saturated rings. The average Bonchev–Trinajstić information content (AvgIpc) is 2.87. The van der Waals surface area contributed by atoms with Crippen LogP contribution in [0, 0.1) is 5.92 Å². The van der Waals surface area contributed by atoms with Crippen LogP contribution in [0.5, 0.6) is 0 Å². The van der Waals surface area contributed by atoms with Crippen LogP contribution in [-0.2, 0) is 13.1 Å². The monoisotopic (exact) mass is 392 g/mol. The highest BCUT2D eigenvalue weighted by molar-refractivity contribution is 14.0. The van der Waals surface area contributed by atoms with Gasteiger partial charge in [0, 0.05) is 26.7 Å². The molecule has 1 aromatic rings. The fourth-order valence-corrected chi connectivity index (χ4v) is 2.55. The number of halogens is 1. The van der Waals surface area contributed by atoms with Crippen molar-refractivity contribution >= 4 is 29.9 Å². The first-order valence-corrected chi connectivity index (χ1v) is 7.06. The smallest absolute Gasteiger partial charge is 0.194 e. The lowest BCUT2D eigenvalue weighted by molar-refractivity contribution is 0.265. The molecule has 0 radical (unpaired) electrons. The van der Waals surface area contributed by atoms with E-state index in [2.05, 4.69) is 39.3 Å². The number of hydrogen-bond donors (Lipinski definition) is 1. The third kappa shape index (κ3) is 4.32. The molecule has 0 saturated carbocycles. The maximum Gasteiger partial charge on any atom is 0.194 e. The quantitative estimate of drug-likeness (QED) is 0.484. The molecule has 6 nitrogen and oxygen atoms in total. The van der Waals surface area contributed by atoms with Gasteiger partial charge >= 0.3 is 0 Å². The molecule has 1 saturated heterocycles. The summed E-state index contributed by atoms with van der Waals surface area (Å²) >= 11 is 0. The van der Waals surface area contributed by atoms with E-state index < -0.39 is 0 Å². The largest absolute Gasteiger partial charge is 0.349 e. The summed E-state index contributed by atoms with van der Waals surface area (Å²) in [4.78, 5) is 6.71. The van der Waals surface area contributed by atoms with Crippen LogP contribution >= 0.6 is 24.0 Å². The van der Waals surface area contributed by atoms with Crippen molar-refractivity contribution in [1.29, 1.82) is 0 Å². The normalized spacial score (nSPS) is 19.6. The second-order valence-electron chi connectivity index (χ2n) is 5.13. The Balaban J connectivity index is 0.00000200. The molecule has 0 aliphatic carbocycles. The van der Waals surface area contributed by atoms with Crippen LogP contribution in [0.3, 0.4) is 0 Å². The maximum absolute atomic E-state index is 4.38. The van der Waals surface area contributed by atoms with Gasteiger partial charge in [-0.2, -0.15) is 0 Å². The Labute approximate surface area is 138 Å². The fourth-order valence-electron chi connectivity index (χ4n) is 2.55. The summed E-state index contributed by atoms with van der Waals surface area (Å²) in [6.07, 6.45) is 4.33. The molecule has 114 valence electrons. The van der Waals surface area contributed by atoms with Crippen LogP contribution in [0.2, 0.25) is 0 Å². The SMILES string of the molecule is CCn1cnnc1CNC(=NC)N1CCCC(C)C1.I. The topological polar surface area (TPSA) is 58.3 Å². The number of piperidine rings is 1. The van der Waals surface area contributed by atoms with Crippen LogP contribution in [0.4, 0.5) is 0 Å². The summed E-state index contributed by atoms with van der Waals surface area (Å²) in [7, 11) is 1.84. The van der Waals surface area contributed by atoms with Gasteiger partial charge in [0.15, 0.2) is 11.8 Å². The molecule has 1 unspecified atom stereocenters. The summed E-state index contributed by atoms with van der Waals surface area (Å²) in [5.74, 6) is 2.66. The van der Waals surface area contributed by atoms with Crippen molar-refractivity contribution < 1.29 is 0 Å². The first kappa shape index (κ1) is 17.2. The molecule has 1 atom stereocenters. The number of rotatable bonds is 3. The van der Waals surface area contributed by atoms with Gasteiger partial charge in [0.1, 0.15) is 6.33 Å². The fraction of sp³-hybridized carbons (Fsp3) is 0.769. The number of aryl methyl sites for hydroxylation is 1. The molecule has 1 aromatic heterocycles. The standard InChI is InChI=1S/C13H24N6.HI/c1-4-18-10-16-17-12(18)8-15-13(14-3)19-7-5-6-11(2)9-19;/h10-11H,4-9H2,1-3H3,(H,14,15);1H. The Hall–Kier alpha value is -0.860. The van der Waals surface area contributed by atoms with Crippen molar-refractivity contribution in [3.63, 3.8) is 0 Å². The van der Waals surface area contributed by atoms with E-state index in [1.807, 2.05) is 11.6 Å². The van der Waals surface area contributed by atoms with E-state index >= 15 is 0 Å². The lowest BCUT2D eigenvalue weighted by Gasteiger charge is -2.33. The highest BCUT2D eigenvalue weighted by atomic mass is 127. The summed E-state index contributed by atoms with van der Waals surface area (Å²) < 4.78 is 2.04. The Morgan fingerprint density at radius 3 is 3.00 bits per heavy atom. The van der Waals surface area contributed by atoms with Crippen molar-refractivity contribution in [2.75, 3.05) is 20.1 Å². The first-order chi connectivity index (χ1) is 9.24. The van der Waals surface area contributed by atoms with Crippen LogP contribution in [0.25, 0.3) is 0 Å². The van der Waals surface area contributed by atoms with Crippen LogP contribution < -0.4 is 5.32 Å². The predicted molar refractivity (Wildman–Crippen MR) is 91.3 cm³/mol. The van der Waals surface area contributed by atoms with Gasteiger partial charge in [0.2, 0.25) is 0 Å². The summed E-state index contributed by atoms with van der Waals surface area (Å²) in [5, 5.41) is 11.5. The molecule has 2 rings (SSSR count). The van der Waals surface area contributed by atoms with E-state index in [4.69, 9.17) is 0 Å². The highest BCUT2D eigenvalue weighted by Crippen LogP contribution is 2.15. The number of aliphatic imine (C=N–C) groups is 1. The highest BCUT2D eigenvalue weighted by Gasteiger charge is 2.19. The number of nitrogens with one attached hydrogen (secondary N) is 1. The molecule has 0 amide bonds. The lowest BCUT2D eigenvalue weighted by Crippen LogP contribution is -2.46. The summed E-state index contributed by atoms with van der Waals surface area (Å²) in [6.45, 7) is 8.13. The van der Waals surface area contributed by atoms with Gasteiger partial charge in [-0.15, -0.1) is 34.2 Å². The van der Waals surface area contributed by atoms with Crippen molar-refractivity contribution in [3.8, 4) is 0 Å². The Morgan fingerprint density at radius 1 is 1.55 bits per heavy atom. The van der Waals surface area contributed by atoms with Gasteiger partial charge in [-0.25, -0.2) is 0 Å². The predicted octanol–water partition coefficient (Wildman–Crippen LogP) is 1.72. The zero-order valence-electron chi connectivity index (χ0n) is 12.5. The van der Waals surface area contributed by atoms with Gasteiger partial charge < -0.3 is 14.8 Å². The Morgan fingerprint density at radius 2 is 2.35 bits per heavy atom. The van der Waals surface area contributed by atoms with Crippen LogP contribution in [0.15, 0.2) is 11.3 Å². The summed E-state index contributed by atoms with van der Waals surface area (Å²) in [6, 6.07) is 0. The molecule has 1 N–H and O–H groups in total. The first-order valence-electron chi connectivity index (χ1n) is 7.06. The summed E-state index contributed by atoms with van der Waals surface area (Å²) in [5.41, 5.74) is 0. The minimum absolute atomic E-state index is 0. The average molecular weight is 392 g/mol. The van der Waals surface area contributed by atoms with E-state index in [9.17, 15) is 0 Å². The molecule has 0 aromatic carbocycles. The van der Waals surface area contributed by atoms with Crippen molar-refractivity contribution in [2.24, 2.45) is 10.9 Å². The molecule has 7 heteroatoms. The van der Waals surface area contributed by atoms with Gasteiger partial charge in [-0.3, -0.25) is 4.99 Å². The number of hydrogen-bond acceptors (Lipinski definition) is 3. The molecular formula is C13H25IN6. The zero-order chi connectivity index (χ0) is 13.7. The van der Waals surface area contributed by atoms with Crippen molar-refractivity contribution in [2.45, 2.75) is 39.8 Å². The second-order valence-corrected chi connectivity index (χ2v) is 5.13. The molecule has 1 aliphatic heterocycles. The van der Waals surface area contributed by atoms with Crippen LogP contribution in [0.1, 0.15) is 32.5 Å². The number of guanidine groups is 1. The minimum Gasteiger partial charge on any atom is -0.349 e. The van der Waals surface area contributed by atoms with E-state index in [-0.39, 0.29) is 24.0 Å². The Bertz CT molecular complexity index is 430. The van der Waals surface area contributed by atoms with E-state index in [0.717, 1.165) is 37.3 Å². The van der Waals surface area contributed by atoms with E-state index in [1.54, 1.807) is 6.33 Å². The maximum atomic E-state index is 4.38.